The molecule has 1 aliphatic rings. The van der Waals surface area contributed by atoms with Crippen LogP contribution in [0.3, 0.4) is 0 Å². The van der Waals surface area contributed by atoms with Gasteiger partial charge in [0.25, 0.3) is 0 Å². The lowest BCUT2D eigenvalue weighted by Gasteiger charge is -2.14. The quantitative estimate of drug-likeness (QED) is 0.638. The Hall–Kier alpha value is -3.22. The van der Waals surface area contributed by atoms with E-state index < -0.39 is 0 Å². The number of aromatic nitrogens is 4. The van der Waals surface area contributed by atoms with Crippen molar-refractivity contribution in [2.45, 2.75) is 58.5 Å². The van der Waals surface area contributed by atoms with E-state index in [0.717, 1.165) is 41.1 Å². The first kappa shape index (κ1) is 20.1. The molecule has 1 aromatic heterocycles. The second-order valence-electron chi connectivity index (χ2n) is 7.86. The van der Waals surface area contributed by atoms with Gasteiger partial charge in [-0.1, -0.05) is 18.2 Å². The molecule has 0 saturated heterocycles. The van der Waals surface area contributed by atoms with Crippen LogP contribution in [-0.4, -0.2) is 32.2 Å². The molecule has 2 aromatic carbocycles. The van der Waals surface area contributed by atoms with E-state index in [9.17, 15) is 4.79 Å². The van der Waals surface area contributed by atoms with Crippen LogP contribution in [0.4, 0.5) is 5.69 Å². The van der Waals surface area contributed by atoms with Gasteiger partial charge in [0.15, 0.2) is 5.82 Å². The van der Waals surface area contributed by atoms with Crippen molar-refractivity contribution in [2.24, 2.45) is 0 Å². The molecule has 1 fully saturated rings. The molecule has 0 unspecified atom stereocenters. The van der Waals surface area contributed by atoms with Gasteiger partial charge in [-0.05, 0) is 91.8 Å². The molecule has 0 spiro atoms. The number of tetrazole rings is 1. The minimum atomic E-state index is -0.0274. The predicted molar refractivity (Wildman–Crippen MR) is 115 cm³/mol. The van der Waals surface area contributed by atoms with Crippen LogP contribution in [0.2, 0.25) is 0 Å². The summed E-state index contributed by atoms with van der Waals surface area (Å²) < 4.78 is 7.74. The van der Waals surface area contributed by atoms with Gasteiger partial charge in [-0.15, -0.1) is 5.10 Å². The third-order valence-corrected chi connectivity index (χ3v) is 5.49. The zero-order valence-corrected chi connectivity index (χ0v) is 17.5. The van der Waals surface area contributed by atoms with Gasteiger partial charge < -0.3 is 10.1 Å². The fourth-order valence-corrected chi connectivity index (χ4v) is 3.82. The van der Waals surface area contributed by atoms with Crippen LogP contribution in [0.15, 0.2) is 42.5 Å². The van der Waals surface area contributed by atoms with Gasteiger partial charge in [0, 0.05) is 12.1 Å². The second kappa shape index (κ2) is 9.07. The summed E-state index contributed by atoms with van der Waals surface area (Å²) in [4.78, 5) is 12.5. The normalized spacial score (nSPS) is 14.1. The summed E-state index contributed by atoms with van der Waals surface area (Å²) in [5, 5.41) is 14.6. The molecule has 1 amide bonds. The molecule has 0 atom stereocenters. The Morgan fingerprint density at radius 1 is 1.17 bits per heavy atom. The second-order valence-corrected chi connectivity index (χ2v) is 7.86. The van der Waals surface area contributed by atoms with Crippen LogP contribution in [0.25, 0.3) is 5.69 Å². The van der Waals surface area contributed by atoms with Gasteiger partial charge in [-0.2, -0.15) is 4.68 Å². The topological polar surface area (TPSA) is 81.9 Å². The predicted octanol–water partition coefficient (Wildman–Crippen LogP) is 4.17. The molecule has 0 bridgehead atoms. The van der Waals surface area contributed by atoms with Crippen molar-refractivity contribution in [3.8, 4) is 11.4 Å². The first-order valence-corrected chi connectivity index (χ1v) is 10.5. The number of aryl methyl sites for hydroxylation is 3. The first-order valence-electron chi connectivity index (χ1n) is 10.5. The van der Waals surface area contributed by atoms with Crippen molar-refractivity contribution in [1.82, 2.24) is 20.2 Å². The number of nitrogens with zero attached hydrogens (tertiary/aromatic N) is 4. The van der Waals surface area contributed by atoms with Crippen LogP contribution >= 0.6 is 0 Å². The van der Waals surface area contributed by atoms with E-state index in [-0.39, 0.29) is 5.91 Å². The molecule has 7 nitrogen and oxygen atoms in total. The van der Waals surface area contributed by atoms with E-state index in [1.807, 2.05) is 50.2 Å². The highest BCUT2D eigenvalue weighted by molar-refractivity contribution is 5.91. The van der Waals surface area contributed by atoms with Crippen LogP contribution in [0, 0.1) is 13.8 Å². The van der Waals surface area contributed by atoms with Crippen molar-refractivity contribution in [3.05, 3.63) is 59.4 Å². The Kier molecular flexibility index (Phi) is 6.07. The SMILES string of the molecule is Cc1ccc(NC(=O)CCc2cccc(OC3CCCC3)c2)cc1-n1nnnc1C. The summed E-state index contributed by atoms with van der Waals surface area (Å²) in [5.74, 6) is 1.57. The minimum absolute atomic E-state index is 0.0274. The summed E-state index contributed by atoms with van der Waals surface area (Å²) in [6.07, 6.45) is 6.17. The van der Waals surface area contributed by atoms with Gasteiger partial charge >= 0.3 is 0 Å². The molecule has 1 heterocycles. The Bertz CT molecular complexity index is 1020. The number of benzene rings is 2. The number of rotatable bonds is 7. The average molecular weight is 406 g/mol. The molecule has 30 heavy (non-hydrogen) atoms. The number of hydrogen-bond acceptors (Lipinski definition) is 5. The maximum absolute atomic E-state index is 12.5. The molecule has 3 aromatic rings. The maximum atomic E-state index is 12.5. The summed E-state index contributed by atoms with van der Waals surface area (Å²) in [6.45, 7) is 3.83. The van der Waals surface area contributed by atoms with Crippen molar-refractivity contribution in [1.29, 1.82) is 0 Å². The Morgan fingerprint density at radius 2 is 2.00 bits per heavy atom. The molecule has 0 aliphatic heterocycles. The number of ether oxygens (including phenoxy) is 1. The Morgan fingerprint density at radius 3 is 2.77 bits per heavy atom. The molecule has 1 aliphatic carbocycles. The minimum Gasteiger partial charge on any atom is -0.490 e. The van der Waals surface area contributed by atoms with E-state index in [2.05, 4.69) is 26.9 Å². The Balaban J connectivity index is 1.36. The zero-order chi connectivity index (χ0) is 20.9. The van der Waals surface area contributed by atoms with E-state index >= 15 is 0 Å². The van der Waals surface area contributed by atoms with Crippen LogP contribution in [-0.2, 0) is 11.2 Å². The zero-order valence-electron chi connectivity index (χ0n) is 17.5. The fraction of sp³-hybridized carbons (Fsp3) is 0.391. The molecule has 0 radical (unpaired) electrons. The number of nitrogens with one attached hydrogen (secondary N) is 1. The van der Waals surface area contributed by atoms with E-state index in [1.165, 1.54) is 12.8 Å². The largest absolute Gasteiger partial charge is 0.490 e. The van der Waals surface area contributed by atoms with Gasteiger partial charge in [0.05, 0.1) is 11.8 Å². The van der Waals surface area contributed by atoms with E-state index in [1.54, 1.807) is 4.68 Å². The van der Waals surface area contributed by atoms with E-state index in [4.69, 9.17) is 4.74 Å². The van der Waals surface area contributed by atoms with Crippen LogP contribution in [0.5, 0.6) is 5.75 Å². The summed E-state index contributed by atoms with van der Waals surface area (Å²) >= 11 is 0. The third kappa shape index (κ3) is 4.84. The highest BCUT2D eigenvalue weighted by atomic mass is 16.5. The highest BCUT2D eigenvalue weighted by Gasteiger charge is 2.16. The number of carbonyl (C=O) groups is 1. The summed E-state index contributed by atoms with van der Waals surface area (Å²) in [6, 6.07) is 13.8. The number of anilines is 1. The molecule has 1 N–H and O–H groups in total. The Labute approximate surface area is 176 Å². The van der Waals surface area contributed by atoms with Gasteiger partial charge in [-0.3, -0.25) is 4.79 Å². The molecular weight excluding hydrogens is 378 g/mol. The smallest absolute Gasteiger partial charge is 0.224 e. The molecule has 7 heteroatoms. The molecule has 4 rings (SSSR count). The van der Waals surface area contributed by atoms with Gasteiger partial charge in [0.2, 0.25) is 5.91 Å². The highest BCUT2D eigenvalue weighted by Crippen LogP contribution is 2.25. The number of amides is 1. The standard InChI is InChI=1S/C23H27N5O2/c1-16-10-12-19(15-22(16)28-17(2)25-26-27-28)24-23(29)13-11-18-6-5-9-21(14-18)30-20-7-3-4-8-20/h5-6,9-10,12,14-15,20H,3-4,7-8,11,13H2,1-2H3,(H,24,29). The summed E-state index contributed by atoms with van der Waals surface area (Å²) in [5.41, 5.74) is 3.72. The third-order valence-electron chi connectivity index (χ3n) is 5.49. The number of hydrogen-bond donors (Lipinski definition) is 1. The fourth-order valence-electron chi connectivity index (χ4n) is 3.82. The lowest BCUT2D eigenvalue weighted by atomic mass is 10.1. The maximum Gasteiger partial charge on any atom is 0.224 e. The van der Waals surface area contributed by atoms with Crippen molar-refractivity contribution in [3.63, 3.8) is 0 Å². The molecular formula is C23H27N5O2. The van der Waals surface area contributed by atoms with Gasteiger partial charge in [0.1, 0.15) is 5.75 Å². The summed E-state index contributed by atoms with van der Waals surface area (Å²) in [7, 11) is 0. The van der Waals surface area contributed by atoms with Crippen LogP contribution in [0.1, 0.15) is 49.1 Å². The van der Waals surface area contributed by atoms with Gasteiger partial charge in [-0.25, -0.2) is 0 Å². The molecule has 156 valence electrons. The van der Waals surface area contributed by atoms with Crippen LogP contribution < -0.4 is 10.1 Å². The van der Waals surface area contributed by atoms with Crippen molar-refractivity contribution < 1.29 is 9.53 Å². The first-order chi connectivity index (χ1) is 14.6. The lowest BCUT2D eigenvalue weighted by Crippen LogP contribution is -2.13. The average Bonchev–Trinajstić information content (AvgIpc) is 3.40. The van der Waals surface area contributed by atoms with Crippen molar-refractivity contribution in [2.75, 3.05) is 5.32 Å². The monoisotopic (exact) mass is 405 g/mol. The van der Waals surface area contributed by atoms with Crippen molar-refractivity contribution >= 4 is 11.6 Å². The lowest BCUT2D eigenvalue weighted by molar-refractivity contribution is -0.116. The molecule has 1 saturated carbocycles. The van der Waals surface area contributed by atoms with E-state index in [0.29, 0.717) is 24.8 Å². The number of carbonyl (C=O) groups excluding carboxylic acids is 1.